The summed E-state index contributed by atoms with van der Waals surface area (Å²) in [5, 5.41) is 9.02. The van der Waals surface area contributed by atoms with Gasteiger partial charge in [0.2, 0.25) is 5.91 Å². The molecule has 1 fully saturated rings. The van der Waals surface area contributed by atoms with Crippen molar-refractivity contribution >= 4 is 17.7 Å². The molecule has 0 unspecified atom stereocenters. The first-order valence-electron chi connectivity index (χ1n) is 13.1. The molecule has 6 heteroatoms. The number of rotatable bonds is 11. The topological polar surface area (TPSA) is 87.5 Å². The normalized spacial score (nSPS) is 16.7. The summed E-state index contributed by atoms with van der Waals surface area (Å²) < 4.78 is 4.73. The molecule has 3 aromatic rings. The minimum Gasteiger partial charge on any atom is -0.469 e. The zero-order chi connectivity index (χ0) is 26.9. The number of esters is 1. The van der Waals surface area contributed by atoms with E-state index in [1.165, 1.54) is 12.7 Å². The van der Waals surface area contributed by atoms with E-state index in [0.717, 1.165) is 24.0 Å². The Morgan fingerprint density at radius 2 is 1.61 bits per heavy atom. The number of carbonyl (C=O) groups is 3. The van der Waals surface area contributed by atoms with Crippen LogP contribution in [-0.4, -0.2) is 42.3 Å². The van der Waals surface area contributed by atoms with Crippen molar-refractivity contribution < 1.29 is 19.1 Å². The summed E-state index contributed by atoms with van der Waals surface area (Å²) in [4.78, 5) is 40.3. The molecule has 0 aliphatic carbocycles. The second kappa shape index (κ2) is 12.8. The molecule has 0 aromatic heterocycles. The van der Waals surface area contributed by atoms with E-state index in [4.69, 9.17) is 10.00 Å². The van der Waals surface area contributed by atoms with Gasteiger partial charge >= 0.3 is 5.97 Å². The Bertz CT molecular complexity index is 1290. The second-order valence-corrected chi connectivity index (χ2v) is 9.67. The third-order valence-electron chi connectivity index (χ3n) is 7.20. The molecule has 1 amide bonds. The van der Waals surface area contributed by atoms with Crippen molar-refractivity contribution in [2.45, 2.75) is 44.6 Å². The number of nitriles is 1. The van der Waals surface area contributed by atoms with Crippen molar-refractivity contribution in [3.05, 3.63) is 95.6 Å². The van der Waals surface area contributed by atoms with E-state index < -0.39 is 6.04 Å². The van der Waals surface area contributed by atoms with E-state index in [1.807, 2.05) is 54.6 Å². The fraction of sp³-hybridized carbons (Fsp3) is 0.312. The lowest BCUT2D eigenvalue weighted by atomic mass is 9.94. The van der Waals surface area contributed by atoms with E-state index in [1.54, 1.807) is 17.0 Å². The third-order valence-corrected chi connectivity index (χ3v) is 7.20. The summed E-state index contributed by atoms with van der Waals surface area (Å²) in [5.41, 5.74) is 4.29. The number of Topliss-reactive ketones (excluding diaryl/α,β-unsaturated/α-hetero) is 1. The smallest absolute Gasteiger partial charge is 0.305 e. The van der Waals surface area contributed by atoms with Gasteiger partial charge in [0.15, 0.2) is 5.78 Å². The molecule has 1 saturated heterocycles. The van der Waals surface area contributed by atoms with Crippen LogP contribution in [0.1, 0.15) is 53.6 Å². The van der Waals surface area contributed by atoms with Crippen LogP contribution in [-0.2, 0) is 20.7 Å². The van der Waals surface area contributed by atoms with Crippen LogP contribution in [0.5, 0.6) is 0 Å². The summed E-state index contributed by atoms with van der Waals surface area (Å²) in [5.74, 6) is -0.621. The number of benzene rings is 3. The van der Waals surface area contributed by atoms with Crippen LogP contribution in [0, 0.1) is 17.2 Å². The van der Waals surface area contributed by atoms with Gasteiger partial charge in [-0.3, -0.25) is 14.4 Å². The molecule has 3 aromatic carbocycles. The average Bonchev–Trinajstić information content (AvgIpc) is 3.28. The van der Waals surface area contributed by atoms with Gasteiger partial charge in [-0.15, -0.1) is 0 Å². The Labute approximate surface area is 223 Å². The molecule has 1 aliphatic rings. The molecule has 0 bridgehead atoms. The lowest BCUT2D eigenvalue weighted by Gasteiger charge is -2.24. The molecular formula is C32H32N2O4. The number of hydrogen-bond donors (Lipinski definition) is 0. The average molecular weight is 509 g/mol. The maximum atomic E-state index is 13.6. The van der Waals surface area contributed by atoms with Gasteiger partial charge in [-0.1, -0.05) is 66.7 Å². The number of aryl methyl sites for hydroxylation is 1. The number of methoxy groups -OCH3 is 1. The molecule has 4 rings (SSSR count). The molecule has 0 N–H and O–H groups in total. The van der Waals surface area contributed by atoms with Crippen LogP contribution in [0.25, 0.3) is 11.1 Å². The SMILES string of the molecule is COC(=O)CCC[C@@H]1C[C@@H](C(=O)c2ccc(-c3ccc(C#N)cc3)cc2)N(CCCc2ccccc2)C1=O. The van der Waals surface area contributed by atoms with Crippen LogP contribution >= 0.6 is 0 Å². The van der Waals surface area contributed by atoms with E-state index in [9.17, 15) is 14.4 Å². The Balaban J connectivity index is 1.47. The van der Waals surface area contributed by atoms with E-state index in [-0.39, 0.29) is 30.0 Å². The first kappa shape index (κ1) is 26.8. The predicted octanol–water partition coefficient (Wildman–Crippen LogP) is 5.60. The molecule has 194 valence electrons. The van der Waals surface area contributed by atoms with Crippen LogP contribution in [0.3, 0.4) is 0 Å². The van der Waals surface area contributed by atoms with Gasteiger partial charge in [-0.05, 0) is 60.9 Å². The van der Waals surface area contributed by atoms with Crippen molar-refractivity contribution in [1.82, 2.24) is 4.90 Å². The number of likely N-dealkylation sites (tertiary alicyclic amines) is 1. The number of ether oxygens (including phenoxy) is 1. The number of hydrogen-bond acceptors (Lipinski definition) is 5. The molecule has 0 spiro atoms. The fourth-order valence-corrected chi connectivity index (χ4v) is 5.09. The predicted molar refractivity (Wildman–Crippen MR) is 145 cm³/mol. The van der Waals surface area contributed by atoms with Gasteiger partial charge in [0, 0.05) is 24.4 Å². The number of nitrogens with zero attached hydrogens (tertiary/aromatic N) is 2. The van der Waals surface area contributed by atoms with Gasteiger partial charge in [0.1, 0.15) is 0 Å². The molecule has 6 nitrogen and oxygen atoms in total. The molecule has 0 saturated carbocycles. The minimum absolute atomic E-state index is 0.00418. The molecule has 38 heavy (non-hydrogen) atoms. The van der Waals surface area contributed by atoms with Crippen LogP contribution in [0.2, 0.25) is 0 Å². The Kier molecular flexibility index (Phi) is 9.05. The minimum atomic E-state index is -0.512. The van der Waals surface area contributed by atoms with Crippen molar-refractivity contribution in [1.29, 1.82) is 5.26 Å². The monoisotopic (exact) mass is 508 g/mol. The number of carbonyl (C=O) groups excluding carboxylic acids is 3. The zero-order valence-corrected chi connectivity index (χ0v) is 21.6. The molecule has 2 atom stereocenters. The van der Waals surface area contributed by atoms with Crippen molar-refractivity contribution in [2.24, 2.45) is 5.92 Å². The first-order chi connectivity index (χ1) is 18.5. The Morgan fingerprint density at radius 1 is 0.947 bits per heavy atom. The quantitative estimate of drug-likeness (QED) is 0.248. The van der Waals surface area contributed by atoms with Crippen LogP contribution in [0.15, 0.2) is 78.9 Å². The van der Waals surface area contributed by atoms with Gasteiger partial charge in [-0.2, -0.15) is 5.26 Å². The first-order valence-corrected chi connectivity index (χ1v) is 13.1. The molecule has 0 radical (unpaired) electrons. The second-order valence-electron chi connectivity index (χ2n) is 9.67. The maximum Gasteiger partial charge on any atom is 0.305 e. The summed E-state index contributed by atoms with van der Waals surface area (Å²) in [6, 6.07) is 26.5. The van der Waals surface area contributed by atoms with Crippen molar-refractivity contribution in [3.63, 3.8) is 0 Å². The van der Waals surface area contributed by atoms with E-state index in [2.05, 4.69) is 18.2 Å². The van der Waals surface area contributed by atoms with Gasteiger partial charge in [0.05, 0.1) is 24.8 Å². The highest BCUT2D eigenvalue weighted by Crippen LogP contribution is 2.32. The summed E-state index contributed by atoms with van der Waals surface area (Å²) in [7, 11) is 1.36. The fourth-order valence-electron chi connectivity index (χ4n) is 5.09. The highest BCUT2D eigenvalue weighted by Gasteiger charge is 2.42. The highest BCUT2D eigenvalue weighted by atomic mass is 16.5. The lowest BCUT2D eigenvalue weighted by Crippen LogP contribution is -2.39. The Morgan fingerprint density at radius 3 is 2.24 bits per heavy atom. The van der Waals surface area contributed by atoms with Crippen molar-refractivity contribution in [2.75, 3.05) is 13.7 Å². The molecule has 1 heterocycles. The molecular weight excluding hydrogens is 476 g/mol. The lowest BCUT2D eigenvalue weighted by molar-refractivity contribution is -0.141. The number of ketones is 1. The standard InChI is InChI=1S/C32H32N2O4/c1-38-30(35)11-5-10-28-21-29(34(32(28)37)20-6-9-23-7-3-2-4-8-23)31(36)27-18-16-26(17-19-27)25-14-12-24(22-33)13-15-25/h2-4,7-8,12-19,28-29H,5-6,9-11,20-21H2,1H3/t28-,29+/m1/s1. The van der Waals surface area contributed by atoms with E-state index in [0.29, 0.717) is 36.9 Å². The largest absolute Gasteiger partial charge is 0.469 e. The van der Waals surface area contributed by atoms with Gasteiger partial charge in [0.25, 0.3) is 0 Å². The number of amides is 1. The zero-order valence-electron chi connectivity index (χ0n) is 21.6. The van der Waals surface area contributed by atoms with Crippen molar-refractivity contribution in [3.8, 4) is 17.2 Å². The van der Waals surface area contributed by atoms with E-state index >= 15 is 0 Å². The summed E-state index contributed by atoms with van der Waals surface area (Å²) >= 11 is 0. The van der Waals surface area contributed by atoms with Gasteiger partial charge in [-0.25, -0.2) is 0 Å². The maximum absolute atomic E-state index is 13.6. The summed E-state index contributed by atoms with van der Waals surface area (Å²) in [6.07, 6.45) is 3.45. The third kappa shape index (κ3) is 6.54. The van der Waals surface area contributed by atoms with Gasteiger partial charge < -0.3 is 9.64 Å². The highest BCUT2D eigenvalue weighted by molar-refractivity contribution is 6.04. The van der Waals surface area contributed by atoms with Crippen LogP contribution in [0.4, 0.5) is 0 Å². The molecule has 1 aliphatic heterocycles. The summed E-state index contributed by atoms with van der Waals surface area (Å²) in [6.45, 7) is 0.515. The van der Waals surface area contributed by atoms with Crippen LogP contribution < -0.4 is 0 Å². The Hall–Kier alpha value is -4.24.